The fourth-order valence-electron chi connectivity index (χ4n) is 4.57. The number of nitrogens with zero attached hydrogens (tertiary/aromatic N) is 4. The van der Waals surface area contributed by atoms with Gasteiger partial charge in [0, 0.05) is 15.7 Å². The summed E-state index contributed by atoms with van der Waals surface area (Å²) in [6, 6.07) is 18.5. The summed E-state index contributed by atoms with van der Waals surface area (Å²) < 4.78 is 4.23. The summed E-state index contributed by atoms with van der Waals surface area (Å²) in [7, 11) is 0. The number of aromatic nitrogens is 4. The fraction of sp³-hybridized carbons (Fsp3) is 0.269. The molecule has 1 N–H and O–H groups in total. The van der Waals surface area contributed by atoms with Gasteiger partial charge in [-0.15, -0.1) is 20.8 Å². The molecule has 6 rings (SSSR count). The molecule has 1 atom stereocenters. The van der Waals surface area contributed by atoms with E-state index >= 15 is 0 Å². The summed E-state index contributed by atoms with van der Waals surface area (Å²) >= 11 is 9.60. The van der Waals surface area contributed by atoms with Gasteiger partial charge in [0.1, 0.15) is 0 Å². The number of anilines is 1. The Balaban J connectivity index is 1.43. The van der Waals surface area contributed by atoms with Gasteiger partial charge in [0.05, 0.1) is 11.9 Å². The number of rotatable bonds is 6. The molecule has 0 fully saturated rings. The molecule has 1 aliphatic carbocycles. The van der Waals surface area contributed by atoms with E-state index in [1.807, 2.05) is 35.9 Å². The minimum absolute atomic E-state index is 0.697. The Morgan fingerprint density at radius 1 is 1.15 bits per heavy atom. The third kappa shape index (κ3) is 4.17. The monoisotopic (exact) mass is 506 g/mol. The minimum Gasteiger partial charge on any atom is -0.289 e. The molecule has 3 heterocycles. The molecule has 0 spiro atoms. The van der Waals surface area contributed by atoms with E-state index < -0.39 is 0 Å². The van der Waals surface area contributed by atoms with E-state index in [0.717, 1.165) is 40.0 Å². The SMILES string of the molecule is CC1CCc2sc3nc(NCc4ccccc4)[n+]4c(ncn4SCc4ccc(Cl)cc4)c3c2C1. The van der Waals surface area contributed by atoms with Crippen molar-refractivity contribution in [2.75, 3.05) is 5.32 Å². The van der Waals surface area contributed by atoms with Crippen LogP contribution in [0.4, 0.5) is 5.95 Å². The van der Waals surface area contributed by atoms with E-state index in [4.69, 9.17) is 21.6 Å². The fourth-order valence-corrected chi connectivity index (χ4v) is 6.76. The van der Waals surface area contributed by atoms with E-state index in [0.29, 0.717) is 12.5 Å². The lowest BCUT2D eigenvalue weighted by Crippen LogP contribution is -2.35. The summed E-state index contributed by atoms with van der Waals surface area (Å²) in [5, 5.41) is 5.57. The number of aryl methyl sites for hydroxylation is 1. The molecule has 2 aromatic carbocycles. The first-order chi connectivity index (χ1) is 16.7. The van der Waals surface area contributed by atoms with Crippen LogP contribution in [-0.4, -0.2) is 14.1 Å². The lowest BCUT2D eigenvalue weighted by Gasteiger charge is -2.17. The van der Waals surface area contributed by atoms with Crippen molar-refractivity contribution in [2.24, 2.45) is 5.92 Å². The second kappa shape index (κ2) is 9.21. The van der Waals surface area contributed by atoms with Crippen molar-refractivity contribution in [3.63, 3.8) is 0 Å². The largest absolute Gasteiger partial charge is 0.372 e. The molecule has 5 nitrogen and oxygen atoms in total. The van der Waals surface area contributed by atoms with Crippen LogP contribution in [0.5, 0.6) is 0 Å². The van der Waals surface area contributed by atoms with Gasteiger partial charge < -0.3 is 0 Å². The van der Waals surface area contributed by atoms with E-state index in [1.54, 1.807) is 11.9 Å². The van der Waals surface area contributed by atoms with Gasteiger partial charge in [0.15, 0.2) is 11.2 Å². The second-order valence-electron chi connectivity index (χ2n) is 8.89. The third-order valence-corrected chi connectivity index (χ3v) is 8.79. The zero-order chi connectivity index (χ0) is 23.1. The van der Waals surface area contributed by atoms with Gasteiger partial charge in [0.25, 0.3) is 5.65 Å². The molecule has 8 heteroatoms. The Morgan fingerprint density at radius 2 is 1.97 bits per heavy atom. The average Bonchev–Trinajstić information content (AvgIpc) is 3.44. The van der Waals surface area contributed by atoms with Crippen LogP contribution in [0.25, 0.3) is 15.9 Å². The highest BCUT2D eigenvalue weighted by atomic mass is 35.5. The zero-order valence-corrected chi connectivity index (χ0v) is 21.3. The summed E-state index contributed by atoms with van der Waals surface area (Å²) in [4.78, 5) is 12.6. The topological polar surface area (TPSA) is 46.8 Å². The maximum Gasteiger partial charge on any atom is 0.372 e. The van der Waals surface area contributed by atoms with E-state index in [-0.39, 0.29) is 0 Å². The molecule has 0 amide bonds. The summed E-state index contributed by atoms with van der Waals surface area (Å²) in [5.41, 5.74) is 4.87. The molecule has 0 saturated carbocycles. The average molecular weight is 507 g/mol. The number of nitrogens with one attached hydrogen (secondary N) is 1. The quantitative estimate of drug-likeness (QED) is 0.274. The molecule has 0 saturated heterocycles. The number of hydrogen-bond donors (Lipinski definition) is 1. The number of halogens is 1. The first-order valence-corrected chi connectivity index (χ1v) is 13.7. The molecule has 0 radical (unpaired) electrons. The van der Waals surface area contributed by atoms with Crippen molar-refractivity contribution in [1.82, 2.24) is 14.1 Å². The van der Waals surface area contributed by atoms with Crippen molar-refractivity contribution in [1.29, 1.82) is 0 Å². The molecule has 5 aromatic rings. The van der Waals surface area contributed by atoms with Gasteiger partial charge >= 0.3 is 5.95 Å². The van der Waals surface area contributed by atoms with Crippen LogP contribution in [0.15, 0.2) is 60.9 Å². The second-order valence-corrected chi connectivity index (χ2v) is 11.3. The highest BCUT2D eigenvalue weighted by Crippen LogP contribution is 2.38. The molecular formula is C26H25ClN5S2+. The van der Waals surface area contributed by atoms with Crippen LogP contribution in [0.1, 0.15) is 34.9 Å². The lowest BCUT2D eigenvalue weighted by atomic mass is 9.89. The maximum atomic E-state index is 6.07. The van der Waals surface area contributed by atoms with Gasteiger partial charge in [-0.3, -0.25) is 5.32 Å². The normalized spacial score (nSPS) is 15.6. The smallest absolute Gasteiger partial charge is 0.289 e. The highest BCUT2D eigenvalue weighted by molar-refractivity contribution is 7.96. The van der Waals surface area contributed by atoms with Crippen molar-refractivity contribution in [3.8, 4) is 0 Å². The van der Waals surface area contributed by atoms with Gasteiger partial charge in [-0.2, -0.15) is 4.09 Å². The molecule has 0 aliphatic heterocycles. The van der Waals surface area contributed by atoms with Crippen molar-refractivity contribution >= 4 is 56.7 Å². The molecular weight excluding hydrogens is 482 g/mol. The van der Waals surface area contributed by atoms with Crippen molar-refractivity contribution in [3.05, 3.63) is 87.5 Å². The molecule has 34 heavy (non-hydrogen) atoms. The van der Waals surface area contributed by atoms with Crippen molar-refractivity contribution in [2.45, 2.75) is 38.5 Å². The van der Waals surface area contributed by atoms with E-state index in [1.165, 1.54) is 33.4 Å². The Kier molecular flexibility index (Phi) is 5.93. The molecule has 172 valence electrons. The number of fused-ring (bicyclic) bond motifs is 5. The molecule has 0 bridgehead atoms. The van der Waals surface area contributed by atoms with Gasteiger partial charge in [-0.1, -0.05) is 66.0 Å². The van der Waals surface area contributed by atoms with E-state index in [2.05, 4.69) is 57.2 Å². The first kappa shape index (κ1) is 21.9. The van der Waals surface area contributed by atoms with Crippen LogP contribution in [-0.2, 0) is 25.1 Å². The lowest BCUT2D eigenvalue weighted by molar-refractivity contribution is -0.575. The number of thiophene rings is 1. The van der Waals surface area contributed by atoms with Gasteiger partial charge in [-0.05, 0) is 66.0 Å². The maximum absolute atomic E-state index is 6.07. The molecule has 3 aromatic heterocycles. The minimum atomic E-state index is 0.697. The molecule has 1 unspecified atom stereocenters. The zero-order valence-electron chi connectivity index (χ0n) is 18.9. The summed E-state index contributed by atoms with van der Waals surface area (Å²) in [6.45, 7) is 3.05. The predicted molar refractivity (Wildman–Crippen MR) is 142 cm³/mol. The number of benzene rings is 2. The third-order valence-electron chi connectivity index (χ3n) is 6.37. The van der Waals surface area contributed by atoms with Crippen molar-refractivity contribution < 1.29 is 4.52 Å². The Bertz CT molecular complexity index is 1460. The standard InChI is InChI=1S/C26H24ClN5S2/c1-17-7-12-22-21(13-17)23-24-29-16-31(33-15-19-8-10-20(27)11-9-19)32(24)26(30-25(23)34-22)28-14-18-5-3-2-4-6-18/h2-6,8-11,16-17H,7,12-15H2,1H3/p+1. The van der Waals surface area contributed by atoms with Crippen LogP contribution < -0.4 is 9.83 Å². The Hall–Kier alpha value is -2.61. The number of hydrogen-bond acceptors (Lipinski definition) is 5. The summed E-state index contributed by atoms with van der Waals surface area (Å²) in [5.74, 6) is 2.33. The Labute approximate surface area is 211 Å². The van der Waals surface area contributed by atoms with Crippen LogP contribution in [0, 0.1) is 5.92 Å². The van der Waals surface area contributed by atoms with Crippen LogP contribution in [0.3, 0.4) is 0 Å². The Morgan fingerprint density at radius 3 is 2.79 bits per heavy atom. The van der Waals surface area contributed by atoms with Crippen LogP contribution >= 0.6 is 34.9 Å². The van der Waals surface area contributed by atoms with Gasteiger partial charge in [-0.25, -0.2) is 0 Å². The summed E-state index contributed by atoms with van der Waals surface area (Å²) in [6.07, 6.45) is 5.42. The first-order valence-electron chi connectivity index (χ1n) is 11.5. The van der Waals surface area contributed by atoms with Gasteiger partial charge in [0.2, 0.25) is 0 Å². The van der Waals surface area contributed by atoms with Crippen LogP contribution in [0.2, 0.25) is 5.02 Å². The predicted octanol–water partition coefficient (Wildman–Crippen LogP) is 6.32. The molecule has 1 aliphatic rings. The van der Waals surface area contributed by atoms with E-state index in [9.17, 15) is 0 Å². The highest BCUT2D eigenvalue weighted by Gasteiger charge is 2.29.